The highest BCUT2D eigenvalue weighted by molar-refractivity contribution is 5.90. The molecule has 0 aliphatic heterocycles. The second-order valence-electron chi connectivity index (χ2n) is 11.1. The van der Waals surface area contributed by atoms with Crippen LogP contribution in [0.3, 0.4) is 0 Å². The number of ether oxygens (including phenoxy) is 2. The van der Waals surface area contributed by atoms with Crippen molar-refractivity contribution in [3.8, 4) is 17.9 Å². The summed E-state index contributed by atoms with van der Waals surface area (Å²) in [6.07, 6.45) is 16.9. The topological polar surface area (TPSA) is 100 Å². The van der Waals surface area contributed by atoms with Crippen molar-refractivity contribution in [1.29, 1.82) is 10.5 Å². The Morgan fingerprint density at radius 1 is 0.921 bits per heavy atom. The van der Waals surface area contributed by atoms with Crippen molar-refractivity contribution in [3.63, 3.8) is 0 Å². The molecular formula is C32H46N2O4. The molecule has 0 N–H and O–H groups in total. The number of unbranched alkanes of at least 4 members (excludes halogenated alkanes) is 9. The van der Waals surface area contributed by atoms with Gasteiger partial charge in [-0.3, -0.25) is 0 Å². The van der Waals surface area contributed by atoms with E-state index < -0.39 is 17.4 Å². The largest absolute Gasteiger partial charge is 0.459 e. The highest BCUT2D eigenvalue weighted by atomic mass is 16.5. The van der Waals surface area contributed by atoms with Crippen LogP contribution in [0.15, 0.2) is 24.3 Å². The Hall–Kier alpha value is -2.86. The van der Waals surface area contributed by atoms with Crippen molar-refractivity contribution in [1.82, 2.24) is 0 Å². The lowest BCUT2D eigenvalue weighted by molar-refractivity contribution is -0.141. The summed E-state index contributed by atoms with van der Waals surface area (Å²) in [6, 6.07) is 10.8. The van der Waals surface area contributed by atoms with Crippen molar-refractivity contribution in [2.75, 3.05) is 0 Å². The van der Waals surface area contributed by atoms with Crippen molar-refractivity contribution in [2.24, 2.45) is 10.8 Å². The highest BCUT2D eigenvalue weighted by Crippen LogP contribution is 2.41. The van der Waals surface area contributed by atoms with Gasteiger partial charge in [-0.05, 0) is 69.7 Å². The summed E-state index contributed by atoms with van der Waals surface area (Å²) in [5.74, 6) is -0.744. The predicted molar refractivity (Wildman–Crippen MR) is 148 cm³/mol. The number of hydrogen-bond acceptors (Lipinski definition) is 6. The van der Waals surface area contributed by atoms with Gasteiger partial charge in [0.15, 0.2) is 5.41 Å². The maximum absolute atomic E-state index is 12.7. The number of benzene rings is 1. The Morgan fingerprint density at radius 3 is 1.97 bits per heavy atom. The molecular weight excluding hydrogens is 476 g/mol. The first kappa shape index (κ1) is 31.4. The summed E-state index contributed by atoms with van der Waals surface area (Å²) in [5.41, 5.74) is -1.11. The molecule has 0 amide bonds. The first-order valence-electron chi connectivity index (χ1n) is 14.7. The fourth-order valence-corrected chi connectivity index (χ4v) is 5.00. The van der Waals surface area contributed by atoms with Crippen molar-refractivity contribution >= 4 is 11.9 Å². The van der Waals surface area contributed by atoms with Crippen molar-refractivity contribution in [3.05, 3.63) is 29.8 Å². The molecule has 6 heteroatoms. The Morgan fingerprint density at radius 2 is 1.47 bits per heavy atom. The molecule has 1 fully saturated rings. The second-order valence-corrected chi connectivity index (χ2v) is 11.1. The molecule has 0 bridgehead atoms. The molecule has 1 aliphatic rings. The molecule has 1 unspecified atom stereocenters. The number of rotatable bonds is 16. The molecule has 0 radical (unpaired) electrons. The molecule has 0 spiro atoms. The van der Waals surface area contributed by atoms with Crippen LogP contribution >= 0.6 is 0 Å². The quantitative estimate of drug-likeness (QED) is 0.123. The van der Waals surface area contributed by atoms with Crippen LogP contribution in [0, 0.1) is 33.5 Å². The second kappa shape index (κ2) is 16.2. The molecule has 1 atom stereocenters. The minimum absolute atomic E-state index is 0.185. The molecule has 0 heterocycles. The molecule has 0 aromatic heterocycles. The van der Waals surface area contributed by atoms with Gasteiger partial charge < -0.3 is 9.47 Å². The summed E-state index contributed by atoms with van der Waals surface area (Å²) in [4.78, 5) is 24.9. The van der Waals surface area contributed by atoms with Crippen LogP contribution in [0.1, 0.15) is 134 Å². The normalized spacial score (nSPS) is 20.5. The lowest BCUT2D eigenvalue weighted by atomic mass is 9.71. The number of hydrogen-bond donors (Lipinski definition) is 0. The van der Waals surface area contributed by atoms with Crippen LogP contribution in [-0.2, 0) is 9.53 Å². The summed E-state index contributed by atoms with van der Waals surface area (Å²) in [6.45, 7) is 5.55. The Kier molecular flexibility index (Phi) is 13.4. The van der Waals surface area contributed by atoms with Crippen LogP contribution in [0.2, 0.25) is 0 Å². The van der Waals surface area contributed by atoms with Gasteiger partial charge in [-0.1, -0.05) is 78.1 Å². The predicted octanol–water partition coefficient (Wildman–Crippen LogP) is 8.45. The van der Waals surface area contributed by atoms with Crippen LogP contribution in [0.5, 0.6) is 5.75 Å². The Balaban J connectivity index is 1.71. The van der Waals surface area contributed by atoms with E-state index in [9.17, 15) is 20.1 Å². The summed E-state index contributed by atoms with van der Waals surface area (Å²) in [5, 5.41) is 19.1. The molecule has 1 aromatic rings. The van der Waals surface area contributed by atoms with Crippen LogP contribution in [0.25, 0.3) is 0 Å². The SMILES string of the molecule is CCCCCCCCCCCCC1(C#N)CCC(OC(=O)c2ccc(OC(=O)C(C)(C#N)CC)cc2)CC1. The van der Waals surface area contributed by atoms with Gasteiger partial charge in [0.05, 0.1) is 23.1 Å². The van der Waals surface area contributed by atoms with Crippen molar-refractivity contribution < 1.29 is 19.1 Å². The van der Waals surface area contributed by atoms with E-state index >= 15 is 0 Å². The van der Waals surface area contributed by atoms with Gasteiger partial charge in [0.25, 0.3) is 0 Å². The van der Waals surface area contributed by atoms with E-state index in [1.54, 1.807) is 26.0 Å². The maximum atomic E-state index is 12.7. The molecule has 1 aliphatic carbocycles. The fraction of sp³-hybridized carbons (Fsp3) is 0.688. The number of nitrogens with zero attached hydrogens (tertiary/aromatic N) is 2. The lowest BCUT2D eigenvalue weighted by Gasteiger charge is -2.34. The first-order chi connectivity index (χ1) is 18.3. The van der Waals surface area contributed by atoms with Gasteiger partial charge >= 0.3 is 11.9 Å². The van der Waals surface area contributed by atoms with Gasteiger partial charge in [0.1, 0.15) is 11.9 Å². The van der Waals surface area contributed by atoms with Crippen LogP contribution in [0.4, 0.5) is 0 Å². The van der Waals surface area contributed by atoms with E-state index in [1.807, 2.05) is 6.07 Å². The van der Waals surface area contributed by atoms with E-state index in [0.29, 0.717) is 24.8 Å². The molecule has 1 aromatic carbocycles. The number of carbonyl (C=O) groups excluding carboxylic acids is 2. The molecule has 1 saturated carbocycles. The van der Waals surface area contributed by atoms with E-state index in [1.165, 1.54) is 69.9 Å². The Bertz CT molecular complexity index is 951. The maximum Gasteiger partial charge on any atom is 0.338 e. The molecule has 6 nitrogen and oxygen atoms in total. The highest BCUT2D eigenvalue weighted by Gasteiger charge is 2.36. The number of carbonyl (C=O) groups is 2. The average molecular weight is 523 g/mol. The smallest absolute Gasteiger partial charge is 0.338 e. The zero-order valence-electron chi connectivity index (χ0n) is 23.7. The molecule has 38 heavy (non-hydrogen) atoms. The van der Waals surface area contributed by atoms with Crippen molar-refractivity contribution in [2.45, 2.75) is 130 Å². The minimum atomic E-state index is -1.20. The van der Waals surface area contributed by atoms with Gasteiger partial charge in [0, 0.05) is 0 Å². The van der Waals surface area contributed by atoms with Gasteiger partial charge in [0.2, 0.25) is 0 Å². The van der Waals surface area contributed by atoms with Gasteiger partial charge in [-0.25, -0.2) is 9.59 Å². The number of esters is 2. The average Bonchev–Trinajstić information content (AvgIpc) is 2.94. The first-order valence-corrected chi connectivity index (χ1v) is 14.7. The van der Waals surface area contributed by atoms with Gasteiger partial charge in [-0.2, -0.15) is 10.5 Å². The third-order valence-corrected chi connectivity index (χ3v) is 8.11. The summed E-state index contributed by atoms with van der Waals surface area (Å²) in [7, 11) is 0. The lowest BCUT2D eigenvalue weighted by Crippen LogP contribution is -2.31. The monoisotopic (exact) mass is 522 g/mol. The fourth-order valence-electron chi connectivity index (χ4n) is 5.00. The summed E-state index contributed by atoms with van der Waals surface area (Å²) < 4.78 is 11.0. The zero-order valence-corrected chi connectivity index (χ0v) is 23.7. The van der Waals surface area contributed by atoms with Crippen LogP contribution in [-0.4, -0.2) is 18.0 Å². The standard InChI is InChI=1S/C32H46N2O4/c1-4-6-7-8-9-10-11-12-13-14-21-32(25-34)22-19-28(20-23-32)37-29(35)26-15-17-27(18-16-26)38-30(36)31(3,5-2)24-33/h15-18,28H,4-14,19-23H2,1-3H3. The van der Waals surface area contributed by atoms with E-state index in [-0.39, 0.29) is 17.3 Å². The van der Waals surface area contributed by atoms with Crippen LogP contribution < -0.4 is 4.74 Å². The molecule has 0 saturated heterocycles. The van der Waals surface area contributed by atoms with E-state index in [2.05, 4.69) is 13.0 Å². The van der Waals surface area contributed by atoms with Gasteiger partial charge in [-0.15, -0.1) is 0 Å². The van der Waals surface area contributed by atoms with E-state index in [4.69, 9.17) is 9.47 Å². The molecule has 208 valence electrons. The summed E-state index contributed by atoms with van der Waals surface area (Å²) >= 11 is 0. The molecule has 2 rings (SSSR count). The third kappa shape index (κ3) is 9.79. The Labute approximate surface area is 229 Å². The number of nitriles is 2. The minimum Gasteiger partial charge on any atom is -0.459 e. The third-order valence-electron chi connectivity index (χ3n) is 8.11. The van der Waals surface area contributed by atoms with E-state index in [0.717, 1.165) is 25.7 Å². The zero-order chi connectivity index (χ0) is 27.9.